The van der Waals surface area contributed by atoms with Crippen LogP contribution < -0.4 is 4.90 Å². The standard InChI is InChI=1S/C13H20N2OS/c1-3-6-11-7-4-5-8-15(11)13-14-9-12(17-13)10(2)16/h9,11H,3-8H2,1-2H3. The van der Waals surface area contributed by atoms with E-state index in [4.69, 9.17) is 0 Å². The average Bonchev–Trinajstić information content (AvgIpc) is 2.79. The summed E-state index contributed by atoms with van der Waals surface area (Å²) >= 11 is 1.54. The predicted molar refractivity (Wildman–Crippen MR) is 72.0 cm³/mol. The van der Waals surface area contributed by atoms with E-state index in [2.05, 4.69) is 16.8 Å². The summed E-state index contributed by atoms with van der Waals surface area (Å²) in [5, 5.41) is 1.04. The number of carbonyl (C=O) groups excluding carboxylic acids is 1. The lowest BCUT2D eigenvalue weighted by Gasteiger charge is -2.35. The molecule has 1 fully saturated rings. The molecule has 1 saturated heterocycles. The quantitative estimate of drug-likeness (QED) is 0.769. The van der Waals surface area contributed by atoms with Gasteiger partial charge in [-0.1, -0.05) is 24.7 Å². The summed E-state index contributed by atoms with van der Waals surface area (Å²) in [6, 6.07) is 0.625. The third-order valence-corrected chi connectivity index (χ3v) is 4.47. The topological polar surface area (TPSA) is 33.2 Å². The third-order valence-electron chi connectivity index (χ3n) is 3.34. The number of aromatic nitrogens is 1. The Hall–Kier alpha value is -0.900. The molecule has 1 aromatic rings. The average molecular weight is 252 g/mol. The van der Waals surface area contributed by atoms with Crippen molar-refractivity contribution >= 4 is 22.3 Å². The van der Waals surface area contributed by atoms with Gasteiger partial charge >= 0.3 is 0 Å². The predicted octanol–water partition coefficient (Wildman–Crippen LogP) is 3.50. The van der Waals surface area contributed by atoms with Crippen LogP contribution in [0.5, 0.6) is 0 Å². The smallest absolute Gasteiger partial charge is 0.186 e. The van der Waals surface area contributed by atoms with Gasteiger partial charge in [-0.15, -0.1) is 0 Å². The highest BCUT2D eigenvalue weighted by atomic mass is 32.1. The van der Waals surface area contributed by atoms with E-state index in [1.165, 1.54) is 32.1 Å². The number of rotatable bonds is 4. The summed E-state index contributed by atoms with van der Waals surface area (Å²) in [5.74, 6) is 0.123. The van der Waals surface area contributed by atoms with E-state index < -0.39 is 0 Å². The SMILES string of the molecule is CCCC1CCCCN1c1ncc(C(C)=O)s1. The Morgan fingerprint density at radius 3 is 3.06 bits per heavy atom. The molecule has 1 aliphatic rings. The molecule has 17 heavy (non-hydrogen) atoms. The molecule has 0 amide bonds. The fourth-order valence-corrected chi connectivity index (χ4v) is 3.36. The van der Waals surface area contributed by atoms with Gasteiger partial charge in [0.15, 0.2) is 10.9 Å². The zero-order chi connectivity index (χ0) is 12.3. The van der Waals surface area contributed by atoms with Crippen molar-refractivity contribution in [3.05, 3.63) is 11.1 Å². The second kappa shape index (κ2) is 5.63. The highest BCUT2D eigenvalue weighted by molar-refractivity contribution is 7.17. The largest absolute Gasteiger partial charge is 0.345 e. The number of piperidine rings is 1. The van der Waals surface area contributed by atoms with Gasteiger partial charge in [-0.2, -0.15) is 0 Å². The number of carbonyl (C=O) groups is 1. The van der Waals surface area contributed by atoms with Crippen LogP contribution in [0.2, 0.25) is 0 Å². The Bertz CT molecular complexity index is 387. The molecule has 0 radical (unpaired) electrons. The maximum absolute atomic E-state index is 11.3. The maximum Gasteiger partial charge on any atom is 0.186 e. The van der Waals surface area contributed by atoms with Crippen LogP contribution in [0.3, 0.4) is 0 Å². The van der Waals surface area contributed by atoms with Gasteiger partial charge in [0.05, 0.1) is 11.1 Å². The van der Waals surface area contributed by atoms with Crippen LogP contribution in [0.4, 0.5) is 5.13 Å². The Labute approximate surface area is 107 Å². The first-order valence-electron chi connectivity index (χ1n) is 6.45. The second-order valence-electron chi connectivity index (χ2n) is 4.69. The molecule has 1 aromatic heterocycles. The fraction of sp³-hybridized carbons (Fsp3) is 0.692. The molecule has 0 spiro atoms. The fourth-order valence-electron chi connectivity index (χ4n) is 2.45. The van der Waals surface area contributed by atoms with Gasteiger partial charge < -0.3 is 4.90 Å². The van der Waals surface area contributed by atoms with Crippen LogP contribution in [0.15, 0.2) is 6.20 Å². The summed E-state index contributed by atoms with van der Waals surface area (Å²) < 4.78 is 0. The van der Waals surface area contributed by atoms with Crippen molar-refractivity contribution in [1.82, 2.24) is 4.98 Å². The van der Waals surface area contributed by atoms with Crippen molar-refractivity contribution in [2.24, 2.45) is 0 Å². The van der Waals surface area contributed by atoms with Crippen LogP contribution in [0.25, 0.3) is 0 Å². The van der Waals surface area contributed by atoms with Crippen LogP contribution in [-0.4, -0.2) is 23.4 Å². The van der Waals surface area contributed by atoms with E-state index in [0.717, 1.165) is 16.6 Å². The number of ketones is 1. The van der Waals surface area contributed by atoms with Gasteiger partial charge in [-0.05, 0) is 25.7 Å². The lowest BCUT2D eigenvalue weighted by Crippen LogP contribution is -2.39. The van der Waals surface area contributed by atoms with Crippen LogP contribution in [0, 0.1) is 0 Å². The van der Waals surface area contributed by atoms with Crippen molar-refractivity contribution in [3.8, 4) is 0 Å². The minimum Gasteiger partial charge on any atom is -0.345 e. The molecule has 1 aliphatic heterocycles. The van der Waals surface area contributed by atoms with Gasteiger partial charge in [0.1, 0.15) is 0 Å². The number of Topliss-reactive ketones (excluding diaryl/α,β-unsaturated/α-hetero) is 1. The minimum atomic E-state index is 0.123. The molecule has 2 rings (SSSR count). The first-order valence-corrected chi connectivity index (χ1v) is 7.27. The zero-order valence-corrected chi connectivity index (χ0v) is 11.4. The number of hydrogen-bond donors (Lipinski definition) is 0. The van der Waals surface area contributed by atoms with E-state index in [0.29, 0.717) is 6.04 Å². The Morgan fingerprint density at radius 2 is 2.41 bits per heavy atom. The molecule has 0 aromatic carbocycles. The number of anilines is 1. The molecule has 1 unspecified atom stereocenters. The van der Waals surface area contributed by atoms with Crippen molar-refractivity contribution in [1.29, 1.82) is 0 Å². The van der Waals surface area contributed by atoms with Gasteiger partial charge in [0, 0.05) is 19.5 Å². The van der Waals surface area contributed by atoms with Gasteiger partial charge in [0.25, 0.3) is 0 Å². The molecule has 0 bridgehead atoms. The summed E-state index contributed by atoms with van der Waals surface area (Å²) in [4.78, 5) is 18.9. The van der Waals surface area contributed by atoms with Crippen molar-refractivity contribution in [2.75, 3.05) is 11.4 Å². The van der Waals surface area contributed by atoms with Crippen LogP contribution in [-0.2, 0) is 0 Å². The van der Waals surface area contributed by atoms with E-state index in [9.17, 15) is 4.79 Å². The number of thiazole rings is 1. The second-order valence-corrected chi connectivity index (χ2v) is 5.70. The summed E-state index contributed by atoms with van der Waals surface area (Å²) in [7, 11) is 0. The number of nitrogens with zero attached hydrogens (tertiary/aromatic N) is 2. The van der Waals surface area contributed by atoms with Gasteiger partial charge in [-0.3, -0.25) is 4.79 Å². The minimum absolute atomic E-state index is 0.123. The molecule has 94 valence electrons. The molecule has 0 saturated carbocycles. The van der Waals surface area contributed by atoms with E-state index in [1.54, 1.807) is 24.5 Å². The molecule has 1 atom stereocenters. The maximum atomic E-state index is 11.3. The van der Waals surface area contributed by atoms with Gasteiger partial charge in [0.2, 0.25) is 0 Å². The highest BCUT2D eigenvalue weighted by Gasteiger charge is 2.24. The third kappa shape index (κ3) is 2.86. The van der Waals surface area contributed by atoms with E-state index in [-0.39, 0.29) is 5.78 Å². The van der Waals surface area contributed by atoms with E-state index in [1.807, 2.05) is 0 Å². The molecule has 0 aliphatic carbocycles. The lowest BCUT2D eigenvalue weighted by atomic mass is 9.99. The Balaban J connectivity index is 2.14. The molecule has 0 N–H and O–H groups in total. The van der Waals surface area contributed by atoms with Gasteiger partial charge in [-0.25, -0.2) is 4.98 Å². The summed E-state index contributed by atoms with van der Waals surface area (Å²) in [6.45, 7) is 4.93. The molecular weight excluding hydrogens is 232 g/mol. The molecular formula is C13H20N2OS. The van der Waals surface area contributed by atoms with Crippen LogP contribution >= 0.6 is 11.3 Å². The van der Waals surface area contributed by atoms with Crippen molar-refractivity contribution in [3.63, 3.8) is 0 Å². The van der Waals surface area contributed by atoms with E-state index >= 15 is 0 Å². The van der Waals surface area contributed by atoms with Crippen molar-refractivity contribution in [2.45, 2.75) is 52.0 Å². The lowest BCUT2D eigenvalue weighted by molar-refractivity contribution is 0.102. The summed E-state index contributed by atoms with van der Waals surface area (Å²) in [5.41, 5.74) is 0. The normalized spacial score (nSPS) is 20.6. The first-order chi connectivity index (χ1) is 8.22. The molecule has 2 heterocycles. The molecule has 3 nitrogen and oxygen atoms in total. The Morgan fingerprint density at radius 1 is 1.59 bits per heavy atom. The summed E-state index contributed by atoms with van der Waals surface area (Å²) in [6.07, 6.45) is 8.01. The van der Waals surface area contributed by atoms with Crippen LogP contribution in [0.1, 0.15) is 55.6 Å². The zero-order valence-electron chi connectivity index (χ0n) is 10.6. The number of hydrogen-bond acceptors (Lipinski definition) is 4. The van der Waals surface area contributed by atoms with Crippen molar-refractivity contribution < 1.29 is 4.79 Å². The monoisotopic (exact) mass is 252 g/mol. The first kappa shape index (κ1) is 12.6. The molecule has 4 heteroatoms. The highest BCUT2D eigenvalue weighted by Crippen LogP contribution is 2.30. The Kier molecular flexibility index (Phi) is 4.15.